The van der Waals surface area contributed by atoms with Gasteiger partial charge in [-0.05, 0) is 54.8 Å². The fourth-order valence-corrected chi connectivity index (χ4v) is 6.03. The number of carbonyl (C=O) groups is 1. The van der Waals surface area contributed by atoms with Crippen molar-refractivity contribution in [3.63, 3.8) is 0 Å². The maximum absolute atomic E-state index is 13.5. The van der Waals surface area contributed by atoms with Crippen LogP contribution < -0.4 is 10.1 Å². The first-order valence-electron chi connectivity index (χ1n) is 12.2. The van der Waals surface area contributed by atoms with Crippen LogP contribution in [0.1, 0.15) is 29.7 Å². The van der Waals surface area contributed by atoms with Crippen molar-refractivity contribution in [2.75, 3.05) is 6.54 Å². The van der Waals surface area contributed by atoms with Crippen molar-refractivity contribution >= 4 is 26.9 Å². The summed E-state index contributed by atoms with van der Waals surface area (Å²) in [5.74, 6) is -0.579. The van der Waals surface area contributed by atoms with Crippen LogP contribution in [0.5, 0.6) is 5.75 Å². The molecule has 0 saturated carbocycles. The highest BCUT2D eigenvalue weighted by Gasteiger charge is 2.41. The summed E-state index contributed by atoms with van der Waals surface area (Å²) in [6.07, 6.45) is -2.62. The molecule has 1 saturated heterocycles. The topological polar surface area (TPSA) is 102 Å². The highest BCUT2D eigenvalue weighted by molar-refractivity contribution is 7.89. The van der Waals surface area contributed by atoms with E-state index in [1.165, 1.54) is 30.3 Å². The van der Waals surface area contributed by atoms with Crippen molar-refractivity contribution in [2.24, 2.45) is 0 Å². The normalized spacial score (nSPS) is 16.4. The van der Waals surface area contributed by atoms with Gasteiger partial charge in [-0.15, -0.1) is 0 Å². The van der Waals surface area contributed by atoms with E-state index in [0.717, 1.165) is 16.6 Å². The van der Waals surface area contributed by atoms with Crippen LogP contribution in [0.25, 0.3) is 11.0 Å². The van der Waals surface area contributed by atoms with Crippen LogP contribution in [0.2, 0.25) is 0 Å². The van der Waals surface area contributed by atoms with Crippen molar-refractivity contribution < 1.29 is 39.9 Å². The number of hydrogen-bond acceptors (Lipinski definition) is 6. The monoisotopic (exact) mass is 577 g/mol. The summed E-state index contributed by atoms with van der Waals surface area (Å²) in [6.45, 7) is 0.213. The van der Waals surface area contributed by atoms with Gasteiger partial charge in [0, 0.05) is 36.3 Å². The third-order valence-corrected chi connectivity index (χ3v) is 8.18. The average molecular weight is 578 g/mol. The molecule has 8 nitrogen and oxygen atoms in total. The lowest BCUT2D eigenvalue weighted by molar-refractivity contribution is -0.141. The van der Waals surface area contributed by atoms with Crippen LogP contribution in [0.4, 0.5) is 17.6 Å². The molecule has 40 heavy (non-hydrogen) atoms. The number of fused-ring (bicyclic) bond motifs is 1. The maximum atomic E-state index is 13.5. The summed E-state index contributed by atoms with van der Waals surface area (Å²) in [7, 11) is -4.15. The second-order valence-electron chi connectivity index (χ2n) is 9.22. The van der Waals surface area contributed by atoms with Gasteiger partial charge in [0.2, 0.25) is 11.0 Å². The van der Waals surface area contributed by atoms with Gasteiger partial charge in [-0.2, -0.15) is 17.5 Å². The van der Waals surface area contributed by atoms with E-state index in [0.29, 0.717) is 35.1 Å². The molecular weight excluding hydrogens is 554 g/mol. The number of aromatic nitrogens is 1. The minimum atomic E-state index is -4.52. The van der Waals surface area contributed by atoms with Crippen LogP contribution in [0.15, 0.2) is 76.4 Å². The quantitative estimate of drug-likeness (QED) is 0.295. The number of alkyl halides is 3. The molecule has 4 aromatic rings. The van der Waals surface area contributed by atoms with Gasteiger partial charge in [0.25, 0.3) is 10.0 Å². The Kier molecular flexibility index (Phi) is 7.51. The average Bonchev–Trinajstić information content (AvgIpc) is 3.59. The first kappa shape index (κ1) is 27.6. The number of ether oxygens (including phenoxy) is 1. The van der Waals surface area contributed by atoms with Crippen LogP contribution in [0.3, 0.4) is 0 Å². The van der Waals surface area contributed by atoms with E-state index in [1.807, 2.05) is 0 Å². The number of nitrogens with one attached hydrogen (secondary N) is 1. The first-order chi connectivity index (χ1) is 19.0. The third-order valence-electron chi connectivity index (χ3n) is 6.41. The van der Waals surface area contributed by atoms with Crippen molar-refractivity contribution in [3.8, 4) is 5.75 Å². The van der Waals surface area contributed by atoms with Crippen LogP contribution >= 0.6 is 0 Å². The number of amides is 1. The van der Waals surface area contributed by atoms with Crippen molar-refractivity contribution in [3.05, 3.63) is 89.5 Å². The number of pyridine rings is 1. The van der Waals surface area contributed by atoms with E-state index in [9.17, 15) is 30.8 Å². The molecule has 1 N–H and O–H groups in total. The van der Waals surface area contributed by atoms with Gasteiger partial charge in [0.15, 0.2) is 0 Å². The van der Waals surface area contributed by atoms with Gasteiger partial charge in [0.1, 0.15) is 35.5 Å². The van der Waals surface area contributed by atoms with Crippen LogP contribution in [-0.2, 0) is 34.1 Å². The summed E-state index contributed by atoms with van der Waals surface area (Å²) in [5, 5.41) is 2.69. The molecule has 1 aliphatic heterocycles. The van der Waals surface area contributed by atoms with Gasteiger partial charge < -0.3 is 14.5 Å². The molecule has 1 aliphatic rings. The molecule has 3 heterocycles. The maximum Gasteiger partial charge on any atom is 0.433 e. The summed E-state index contributed by atoms with van der Waals surface area (Å²) in [5.41, 5.74) is 0.347. The predicted octanol–water partition coefficient (Wildman–Crippen LogP) is 5.03. The molecule has 13 heteroatoms. The molecule has 1 fully saturated rings. The molecule has 0 spiro atoms. The van der Waals surface area contributed by atoms with Crippen molar-refractivity contribution in [2.45, 2.75) is 43.3 Å². The van der Waals surface area contributed by atoms with E-state index in [4.69, 9.17) is 9.15 Å². The highest BCUT2D eigenvalue weighted by Crippen LogP contribution is 2.31. The summed E-state index contributed by atoms with van der Waals surface area (Å²) >= 11 is 0. The van der Waals surface area contributed by atoms with Crippen LogP contribution in [0, 0.1) is 5.82 Å². The molecule has 0 aliphatic carbocycles. The molecule has 2 aromatic carbocycles. The second-order valence-corrected chi connectivity index (χ2v) is 11.0. The fraction of sp³-hybridized carbons (Fsp3) is 0.259. The molecule has 1 atom stereocenters. The Bertz CT molecular complexity index is 1640. The number of halogens is 4. The Labute approximate surface area is 226 Å². The van der Waals surface area contributed by atoms with E-state index < -0.39 is 39.7 Å². The Balaban J connectivity index is 1.20. The predicted molar refractivity (Wildman–Crippen MR) is 135 cm³/mol. The van der Waals surface area contributed by atoms with E-state index >= 15 is 0 Å². The van der Waals surface area contributed by atoms with Gasteiger partial charge in [0.05, 0.1) is 0 Å². The number of furan rings is 1. The number of carbonyl (C=O) groups excluding carboxylic acids is 1. The largest absolute Gasteiger partial charge is 0.489 e. The van der Waals surface area contributed by atoms with E-state index in [2.05, 4.69) is 10.3 Å². The number of hydrogen-bond donors (Lipinski definition) is 1. The molecule has 1 amide bonds. The minimum Gasteiger partial charge on any atom is -0.489 e. The lowest BCUT2D eigenvalue weighted by Gasteiger charge is -2.22. The Morgan fingerprint density at radius 1 is 1.10 bits per heavy atom. The Morgan fingerprint density at radius 2 is 1.93 bits per heavy atom. The molecule has 0 radical (unpaired) electrons. The zero-order valence-corrected chi connectivity index (χ0v) is 21.6. The van der Waals surface area contributed by atoms with Crippen LogP contribution in [-0.4, -0.2) is 36.2 Å². The Hall–Kier alpha value is -3.97. The lowest BCUT2D eigenvalue weighted by atomic mass is 10.2. The number of nitrogens with zero attached hydrogens (tertiary/aromatic N) is 2. The molecule has 5 rings (SSSR count). The highest BCUT2D eigenvalue weighted by atomic mass is 32.2. The van der Waals surface area contributed by atoms with Crippen molar-refractivity contribution in [1.82, 2.24) is 14.6 Å². The standard InChI is InChI=1S/C27H23F4N3O5S/c28-20-7-8-23-19(12-20)13-25(39-23)40(36,37)34-10-2-5-22(34)26(35)33-14-17-3-1-4-21(11-17)38-16-18-6-9-24(32-15-18)27(29,30)31/h1,3-4,6-9,11-13,15,22H,2,5,10,14,16H2,(H,33,35)/t22-/m0/s1. The number of sulfonamides is 1. The van der Waals surface area contributed by atoms with Crippen molar-refractivity contribution in [1.29, 1.82) is 0 Å². The smallest absolute Gasteiger partial charge is 0.433 e. The minimum absolute atomic E-state index is 0.00965. The fourth-order valence-electron chi connectivity index (χ4n) is 4.42. The van der Waals surface area contributed by atoms with Gasteiger partial charge >= 0.3 is 6.18 Å². The van der Waals surface area contributed by atoms with E-state index in [1.54, 1.807) is 24.3 Å². The van der Waals surface area contributed by atoms with Gasteiger partial charge in [-0.1, -0.05) is 18.2 Å². The molecule has 210 valence electrons. The van der Waals surface area contributed by atoms with E-state index in [-0.39, 0.29) is 30.4 Å². The molecule has 0 bridgehead atoms. The van der Waals surface area contributed by atoms with Gasteiger partial charge in [-0.3, -0.25) is 9.78 Å². The summed E-state index contributed by atoms with van der Waals surface area (Å²) in [6, 6.07) is 12.9. The summed E-state index contributed by atoms with van der Waals surface area (Å²) in [4.78, 5) is 16.4. The number of rotatable bonds is 8. The second kappa shape index (κ2) is 10.9. The lowest BCUT2D eigenvalue weighted by Crippen LogP contribution is -2.45. The molecular formula is C27H23F4N3O5S. The third kappa shape index (κ3) is 5.94. The van der Waals surface area contributed by atoms with Gasteiger partial charge in [-0.25, -0.2) is 12.8 Å². The zero-order chi connectivity index (χ0) is 28.5. The Morgan fingerprint density at radius 3 is 2.67 bits per heavy atom. The molecule has 0 unspecified atom stereocenters. The zero-order valence-electron chi connectivity index (χ0n) is 20.8. The first-order valence-corrected chi connectivity index (χ1v) is 13.7. The SMILES string of the molecule is O=C(NCc1cccc(OCc2ccc(C(F)(F)F)nc2)c1)[C@@H]1CCCN1S(=O)(=O)c1cc2cc(F)ccc2o1. The number of benzene rings is 2. The molecule has 2 aromatic heterocycles. The summed E-state index contributed by atoms with van der Waals surface area (Å²) < 4.78 is 90.3.